The molecule has 168 valence electrons. The number of hydrogen-bond acceptors (Lipinski definition) is 4. The summed E-state index contributed by atoms with van der Waals surface area (Å²) < 4.78 is 4.06. The number of hydrogen-bond donors (Lipinski definition) is 2. The van der Waals surface area contributed by atoms with E-state index in [1.165, 1.54) is 0 Å². The van der Waals surface area contributed by atoms with Gasteiger partial charge in [-0.25, -0.2) is 9.97 Å². The topological polar surface area (TPSA) is 93.8 Å². The van der Waals surface area contributed by atoms with Crippen molar-refractivity contribution in [1.82, 2.24) is 29.7 Å². The first-order chi connectivity index (χ1) is 16.1. The molecule has 2 N–H and O–H groups in total. The molecule has 4 aromatic rings. The van der Waals surface area contributed by atoms with Crippen molar-refractivity contribution >= 4 is 22.8 Å². The largest absolute Gasteiger partial charge is 0.347 e. The Hall–Kier alpha value is -3.94. The smallest absolute Gasteiger partial charge is 0.310 e. The molecular formula is C25H26N6O2. The van der Waals surface area contributed by atoms with E-state index in [1.54, 1.807) is 6.20 Å². The van der Waals surface area contributed by atoms with Crippen LogP contribution in [0.5, 0.6) is 0 Å². The third-order valence-electron chi connectivity index (χ3n) is 6.27. The van der Waals surface area contributed by atoms with Gasteiger partial charge in [0, 0.05) is 38.4 Å². The maximum atomic E-state index is 12.9. The van der Waals surface area contributed by atoms with Gasteiger partial charge in [0.25, 0.3) is 0 Å². The average Bonchev–Trinajstić information content (AvgIpc) is 3.46. The Bertz CT molecular complexity index is 1290. The molecule has 0 saturated carbocycles. The van der Waals surface area contributed by atoms with Gasteiger partial charge in [0.15, 0.2) is 0 Å². The molecule has 2 aromatic carbocycles. The molecule has 3 heterocycles. The van der Waals surface area contributed by atoms with Crippen LogP contribution < -0.4 is 10.6 Å². The van der Waals surface area contributed by atoms with Crippen molar-refractivity contribution in [3.8, 4) is 0 Å². The maximum absolute atomic E-state index is 12.9. The van der Waals surface area contributed by atoms with Crippen molar-refractivity contribution in [2.75, 3.05) is 6.54 Å². The first-order valence-electron chi connectivity index (χ1n) is 11.2. The number of carbonyl (C=O) groups excluding carboxylic acids is 2. The summed E-state index contributed by atoms with van der Waals surface area (Å²) in [6, 6.07) is 16.8. The van der Waals surface area contributed by atoms with Crippen molar-refractivity contribution < 1.29 is 9.59 Å². The SMILES string of the molecule is Cn1c(C(NC(=O)C(=O)NCC2CCCn3ccnc32)c2ccccc2)nc2ccccc21. The minimum Gasteiger partial charge on any atom is -0.347 e. The Labute approximate surface area is 191 Å². The molecule has 0 radical (unpaired) electrons. The second-order valence-electron chi connectivity index (χ2n) is 8.36. The summed E-state index contributed by atoms with van der Waals surface area (Å²) >= 11 is 0. The number of amides is 2. The molecule has 0 spiro atoms. The van der Waals surface area contributed by atoms with E-state index < -0.39 is 17.9 Å². The summed E-state index contributed by atoms with van der Waals surface area (Å²) in [5.74, 6) is 0.394. The summed E-state index contributed by atoms with van der Waals surface area (Å²) in [7, 11) is 1.91. The third-order valence-corrected chi connectivity index (χ3v) is 6.27. The van der Waals surface area contributed by atoms with Crippen molar-refractivity contribution in [2.24, 2.45) is 7.05 Å². The van der Waals surface area contributed by atoms with Crippen LogP contribution in [-0.2, 0) is 23.2 Å². The van der Waals surface area contributed by atoms with Crippen LogP contribution in [0, 0.1) is 0 Å². The normalized spacial score (nSPS) is 16.2. The van der Waals surface area contributed by atoms with E-state index in [2.05, 4.69) is 20.2 Å². The molecule has 2 atom stereocenters. The minimum atomic E-state index is -0.685. The molecule has 0 bridgehead atoms. The van der Waals surface area contributed by atoms with Gasteiger partial charge in [-0.3, -0.25) is 9.59 Å². The van der Waals surface area contributed by atoms with Gasteiger partial charge in [0.2, 0.25) is 0 Å². The molecular weight excluding hydrogens is 416 g/mol. The number of nitrogens with one attached hydrogen (secondary N) is 2. The molecule has 2 amide bonds. The Morgan fingerprint density at radius 3 is 2.70 bits per heavy atom. The number of benzene rings is 2. The van der Waals surface area contributed by atoms with Gasteiger partial charge in [-0.05, 0) is 30.5 Å². The lowest BCUT2D eigenvalue weighted by Gasteiger charge is -2.24. The number of aryl methyl sites for hydroxylation is 2. The number of nitrogens with zero attached hydrogens (tertiary/aromatic N) is 4. The zero-order valence-electron chi connectivity index (χ0n) is 18.4. The molecule has 2 unspecified atom stereocenters. The molecule has 5 rings (SSSR count). The first-order valence-corrected chi connectivity index (χ1v) is 11.2. The van der Waals surface area contributed by atoms with E-state index in [-0.39, 0.29) is 5.92 Å². The van der Waals surface area contributed by atoms with E-state index in [0.717, 1.165) is 41.8 Å². The highest BCUT2D eigenvalue weighted by molar-refractivity contribution is 6.35. The van der Waals surface area contributed by atoms with Crippen molar-refractivity contribution in [3.63, 3.8) is 0 Å². The Balaban J connectivity index is 1.34. The van der Waals surface area contributed by atoms with Crippen molar-refractivity contribution in [2.45, 2.75) is 31.3 Å². The second-order valence-corrected chi connectivity index (χ2v) is 8.36. The molecule has 1 aliphatic rings. The van der Waals surface area contributed by atoms with E-state index in [1.807, 2.05) is 72.4 Å². The van der Waals surface area contributed by atoms with E-state index in [0.29, 0.717) is 12.4 Å². The van der Waals surface area contributed by atoms with Gasteiger partial charge >= 0.3 is 11.8 Å². The van der Waals surface area contributed by atoms with Gasteiger partial charge in [-0.1, -0.05) is 42.5 Å². The van der Waals surface area contributed by atoms with Gasteiger partial charge in [-0.2, -0.15) is 0 Å². The summed E-state index contributed by atoms with van der Waals surface area (Å²) in [5, 5.41) is 5.70. The maximum Gasteiger partial charge on any atom is 0.310 e. The number of para-hydroxylation sites is 2. The number of imidazole rings is 2. The van der Waals surface area contributed by atoms with Crippen LogP contribution in [0.1, 0.15) is 42.0 Å². The van der Waals surface area contributed by atoms with Crippen LogP contribution in [0.3, 0.4) is 0 Å². The third kappa shape index (κ3) is 4.11. The minimum absolute atomic E-state index is 0.107. The monoisotopic (exact) mass is 442 g/mol. The molecule has 0 saturated heterocycles. The highest BCUT2D eigenvalue weighted by atomic mass is 16.2. The summed E-state index contributed by atoms with van der Waals surface area (Å²) in [4.78, 5) is 34.8. The van der Waals surface area contributed by atoms with E-state index in [4.69, 9.17) is 4.98 Å². The van der Waals surface area contributed by atoms with Gasteiger partial charge in [-0.15, -0.1) is 0 Å². The van der Waals surface area contributed by atoms with Crippen molar-refractivity contribution in [3.05, 3.63) is 84.2 Å². The Morgan fingerprint density at radius 2 is 1.88 bits per heavy atom. The quantitative estimate of drug-likeness (QED) is 0.465. The molecule has 1 aliphatic heterocycles. The lowest BCUT2D eigenvalue weighted by atomic mass is 9.99. The van der Waals surface area contributed by atoms with Crippen molar-refractivity contribution in [1.29, 1.82) is 0 Å². The molecule has 0 aliphatic carbocycles. The lowest BCUT2D eigenvalue weighted by Crippen LogP contribution is -2.44. The fraction of sp³-hybridized carbons (Fsp3) is 0.280. The summed E-state index contributed by atoms with van der Waals surface area (Å²) in [6.45, 7) is 1.32. The zero-order valence-corrected chi connectivity index (χ0v) is 18.4. The van der Waals surface area contributed by atoms with Crippen LogP contribution in [0.4, 0.5) is 0 Å². The second kappa shape index (κ2) is 8.90. The average molecular weight is 443 g/mol. The number of rotatable bonds is 5. The standard InChI is InChI=1S/C25H26N6O2/c1-30-20-12-6-5-11-19(20)28-23(30)21(17-8-3-2-4-9-17)29-25(33)24(32)27-16-18-10-7-14-31-15-13-26-22(18)31/h2-6,8-9,11-13,15,18,21H,7,10,14,16H2,1H3,(H,27,32)(H,29,33). The first kappa shape index (κ1) is 20.9. The van der Waals surface area contributed by atoms with Crippen LogP contribution in [-0.4, -0.2) is 37.5 Å². The Kier molecular flexibility index (Phi) is 5.64. The summed E-state index contributed by atoms with van der Waals surface area (Å²) in [5.41, 5.74) is 2.65. The molecule has 2 aromatic heterocycles. The van der Waals surface area contributed by atoms with E-state index >= 15 is 0 Å². The Morgan fingerprint density at radius 1 is 1.09 bits per heavy atom. The fourth-order valence-electron chi connectivity index (χ4n) is 4.56. The summed E-state index contributed by atoms with van der Waals surface area (Å²) in [6.07, 6.45) is 5.70. The van der Waals surface area contributed by atoms with Crippen LogP contribution in [0.15, 0.2) is 67.0 Å². The van der Waals surface area contributed by atoms with Crippen LogP contribution in [0.25, 0.3) is 11.0 Å². The predicted octanol–water partition coefficient (Wildman–Crippen LogP) is 2.67. The molecule has 0 fully saturated rings. The fourth-order valence-corrected chi connectivity index (χ4v) is 4.56. The van der Waals surface area contributed by atoms with Gasteiger partial charge < -0.3 is 19.8 Å². The number of fused-ring (bicyclic) bond motifs is 2. The zero-order chi connectivity index (χ0) is 22.8. The molecule has 8 nitrogen and oxygen atoms in total. The number of aromatic nitrogens is 4. The number of carbonyl (C=O) groups is 2. The van der Waals surface area contributed by atoms with Gasteiger partial charge in [0.1, 0.15) is 17.7 Å². The van der Waals surface area contributed by atoms with Crippen LogP contribution >= 0.6 is 0 Å². The molecule has 8 heteroatoms. The highest BCUT2D eigenvalue weighted by Gasteiger charge is 2.27. The highest BCUT2D eigenvalue weighted by Crippen LogP contribution is 2.26. The lowest BCUT2D eigenvalue weighted by molar-refractivity contribution is -0.139. The van der Waals surface area contributed by atoms with Crippen LogP contribution in [0.2, 0.25) is 0 Å². The van der Waals surface area contributed by atoms with E-state index in [9.17, 15) is 9.59 Å². The predicted molar refractivity (Wildman–Crippen MR) is 124 cm³/mol. The molecule has 33 heavy (non-hydrogen) atoms. The van der Waals surface area contributed by atoms with Gasteiger partial charge in [0.05, 0.1) is 11.0 Å².